The zero-order valence-corrected chi connectivity index (χ0v) is 14.4. The highest BCUT2D eigenvalue weighted by atomic mass is 16.2. The number of nitrogens with one attached hydrogen (secondary N) is 1. The number of hydrogen-bond donors (Lipinski definition) is 1. The van der Waals surface area contributed by atoms with E-state index in [-0.39, 0.29) is 11.8 Å². The molecule has 0 bridgehead atoms. The molecule has 1 heterocycles. The fourth-order valence-electron chi connectivity index (χ4n) is 2.92. The van der Waals surface area contributed by atoms with Crippen molar-refractivity contribution in [1.29, 1.82) is 0 Å². The Bertz CT molecular complexity index is 782. The molecule has 3 rings (SSSR count). The van der Waals surface area contributed by atoms with Gasteiger partial charge < -0.3 is 5.32 Å². The van der Waals surface area contributed by atoms with E-state index in [0.717, 1.165) is 24.1 Å². The van der Waals surface area contributed by atoms with E-state index in [1.54, 1.807) is 0 Å². The zero-order chi connectivity index (χ0) is 17.6. The lowest BCUT2D eigenvalue weighted by atomic mass is 10.1. The SMILES string of the molecule is CCCCC1=C(Nc2ccccc2)C(=O)N(Cc2ccccc2)C1=O. The van der Waals surface area contributed by atoms with Crippen LogP contribution in [0.1, 0.15) is 31.7 Å². The standard InChI is InChI=1S/C21H22N2O2/c1-2-3-14-18-19(22-17-12-8-5-9-13-17)21(25)23(20(18)24)15-16-10-6-4-7-11-16/h4-13,22H,2-3,14-15H2,1H3. The van der Waals surface area contributed by atoms with Crippen LogP contribution in [0.25, 0.3) is 0 Å². The van der Waals surface area contributed by atoms with Crippen LogP contribution in [0.2, 0.25) is 0 Å². The Labute approximate surface area is 148 Å². The van der Waals surface area contributed by atoms with Gasteiger partial charge in [0.1, 0.15) is 5.70 Å². The minimum Gasteiger partial charge on any atom is -0.351 e. The molecule has 1 aliphatic heterocycles. The van der Waals surface area contributed by atoms with Crippen molar-refractivity contribution < 1.29 is 9.59 Å². The topological polar surface area (TPSA) is 49.4 Å². The summed E-state index contributed by atoms with van der Waals surface area (Å²) in [5.74, 6) is -0.426. The minimum absolute atomic E-state index is 0.180. The number of unbranched alkanes of at least 4 members (excludes halogenated alkanes) is 1. The molecule has 25 heavy (non-hydrogen) atoms. The number of benzene rings is 2. The predicted octanol–water partition coefficient (Wildman–Crippen LogP) is 4.11. The van der Waals surface area contributed by atoms with Crippen LogP contribution >= 0.6 is 0 Å². The second kappa shape index (κ2) is 7.79. The van der Waals surface area contributed by atoms with Crippen LogP contribution in [0.15, 0.2) is 71.9 Å². The van der Waals surface area contributed by atoms with Crippen LogP contribution in [0, 0.1) is 0 Å². The van der Waals surface area contributed by atoms with E-state index in [1.807, 2.05) is 60.7 Å². The highest BCUT2D eigenvalue weighted by Gasteiger charge is 2.37. The van der Waals surface area contributed by atoms with Crippen LogP contribution in [-0.4, -0.2) is 16.7 Å². The number of hydrogen-bond acceptors (Lipinski definition) is 3. The summed E-state index contributed by atoms with van der Waals surface area (Å²) in [7, 11) is 0. The Morgan fingerprint density at radius 1 is 0.880 bits per heavy atom. The number of rotatable bonds is 7. The molecule has 1 aliphatic rings. The minimum atomic E-state index is -0.246. The maximum Gasteiger partial charge on any atom is 0.277 e. The van der Waals surface area contributed by atoms with Crippen LogP contribution in [0.5, 0.6) is 0 Å². The van der Waals surface area contributed by atoms with Gasteiger partial charge in [0.25, 0.3) is 11.8 Å². The average molecular weight is 334 g/mol. The van der Waals surface area contributed by atoms with E-state index in [1.165, 1.54) is 4.90 Å². The average Bonchev–Trinajstić information content (AvgIpc) is 2.86. The smallest absolute Gasteiger partial charge is 0.277 e. The molecule has 0 aromatic heterocycles. The highest BCUT2D eigenvalue weighted by Crippen LogP contribution is 2.27. The molecule has 0 saturated carbocycles. The van der Waals surface area contributed by atoms with E-state index in [2.05, 4.69) is 12.2 Å². The fraction of sp³-hybridized carbons (Fsp3) is 0.238. The van der Waals surface area contributed by atoms with Gasteiger partial charge in [-0.2, -0.15) is 0 Å². The highest BCUT2D eigenvalue weighted by molar-refractivity contribution is 6.20. The quantitative estimate of drug-likeness (QED) is 0.775. The summed E-state index contributed by atoms with van der Waals surface area (Å²) in [4.78, 5) is 27.1. The lowest BCUT2D eigenvalue weighted by Gasteiger charge is -2.15. The summed E-state index contributed by atoms with van der Waals surface area (Å²) < 4.78 is 0. The zero-order valence-electron chi connectivity index (χ0n) is 14.4. The molecule has 0 aliphatic carbocycles. The molecule has 0 fully saturated rings. The first-order valence-corrected chi connectivity index (χ1v) is 8.66. The summed E-state index contributed by atoms with van der Waals surface area (Å²) in [5.41, 5.74) is 2.77. The van der Waals surface area contributed by atoms with E-state index < -0.39 is 0 Å². The van der Waals surface area contributed by atoms with Crippen molar-refractivity contribution in [2.24, 2.45) is 0 Å². The lowest BCUT2D eigenvalue weighted by Crippen LogP contribution is -2.32. The van der Waals surface area contributed by atoms with Crippen molar-refractivity contribution >= 4 is 17.5 Å². The predicted molar refractivity (Wildman–Crippen MR) is 98.6 cm³/mol. The molecule has 4 heteroatoms. The molecule has 128 valence electrons. The van der Waals surface area contributed by atoms with Gasteiger partial charge in [-0.3, -0.25) is 14.5 Å². The third-order valence-electron chi connectivity index (χ3n) is 4.27. The molecule has 1 N–H and O–H groups in total. The fourth-order valence-corrected chi connectivity index (χ4v) is 2.92. The second-order valence-corrected chi connectivity index (χ2v) is 6.13. The third-order valence-corrected chi connectivity index (χ3v) is 4.27. The molecule has 0 radical (unpaired) electrons. The molecule has 0 saturated heterocycles. The van der Waals surface area contributed by atoms with Crippen LogP contribution in [0.3, 0.4) is 0 Å². The molecule has 2 aromatic carbocycles. The summed E-state index contributed by atoms with van der Waals surface area (Å²) in [6, 6.07) is 19.1. The molecule has 4 nitrogen and oxygen atoms in total. The molecule has 0 atom stereocenters. The maximum absolute atomic E-state index is 12.9. The van der Waals surface area contributed by atoms with Gasteiger partial charge in [0.15, 0.2) is 0 Å². The van der Waals surface area contributed by atoms with E-state index in [0.29, 0.717) is 24.2 Å². The number of amides is 2. The first-order chi connectivity index (χ1) is 12.2. The Hall–Kier alpha value is -2.88. The summed E-state index contributed by atoms with van der Waals surface area (Å²) in [6.07, 6.45) is 2.47. The van der Waals surface area contributed by atoms with Gasteiger partial charge in [-0.05, 0) is 30.5 Å². The van der Waals surface area contributed by atoms with Crippen molar-refractivity contribution in [2.45, 2.75) is 32.7 Å². The number of carbonyl (C=O) groups excluding carboxylic acids is 2. The largest absolute Gasteiger partial charge is 0.351 e. The van der Waals surface area contributed by atoms with Gasteiger partial charge in [0, 0.05) is 11.3 Å². The number of nitrogens with zero attached hydrogens (tertiary/aromatic N) is 1. The third kappa shape index (κ3) is 3.79. The first-order valence-electron chi connectivity index (χ1n) is 8.66. The molecular formula is C21H22N2O2. The van der Waals surface area contributed by atoms with E-state index in [9.17, 15) is 9.59 Å². The van der Waals surface area contributed by atoms with Crippen molar-refractivity contribution in [3.8, 4) is 0 Å². The van der Waals surface area contributed by atoms with Gasteiger partial charge in [0.05, 0.1) is 6.54 Å². The number of anilines is 1. The molecule has 0 unspecified atom stereocenters. The second-order valence-electron chi connectivity index (χ2n) is 6.13. The van der Waals surface area contributed by atoms with Crippen LogP contribution < -0.4 is 5.32 Å². The normalized spacial score (nSPS) is 14.4. The van der Waals surface area contributed by atoms with Gasteiger partial charge >= 0.3 is 0 Å². The van der Waals surface area contributed by atoms with E-state index >= 15 is 0 Å². The van der Waals surface area contributed by atoms with Crippen molar-refractivity contribution in [1.82, 2.24) is 4.90 Å². The maximum atomic E-state index is 12.9. The van der Waals surface area contributed by atoms with E-state index in [4.69, 9.17) is 0 Å². The Morgan fingerprint density at radius 3 is 2.16 bits per heavy atom. The summed E-state index contributed by atoms with van der Waals surface area (Å²) >= 11 is 0. The molecule has 0 spiro atoms. The Kier molecular flexibility index (Phi) is 5.29. The number of para-hydroxylation sites is 1. The Morgan fingerprint density at radius 2 is 1.52 bits per heavy atom. The van der Waals surface area contributed by atoms with Gasteiger partial charge in [-0.25, -0.2) is 0 Å². The number of imide groups is 1. The first kappa shape index (κ1) is 17.0. The van der Waals surface area contributed by atoms with Crippen LogP contribution in [-0.2, 0) is 16.1 Å². The van der Waals surface area contributed by atoms with Crippen LogP contribution in [0.4, 0.5) is 5.69 Å². The Balaban J connectivity index is 1.86. The van der Waals surface area contributed by atoms with Crippen molar-refractivity contribution in [2.75, 3.05) is 5.32 Å². The van der Waals surface area contributed by atoms with Crippen molar-refractivity contribution in [3.05, 3.63) is 77.5 Å². The number of carbonyl (C=O) groups is 2. The lowest BCUT2D eigenvalue weighted by molar-refractivity contribution is -0.138. The molecular weight excluding hydrogens is 312 g/mol. The van der Waals surface area contributed by atoms with Crippen molar-refractivity contribution in [3.63, 3.8) is 0 Å². The summed E-state index contributed by atoms with van der Waals surface area (Å²) in [6.45, 7) is 2.38. The monoisotopic (exact) mass is 334 g/mol. The van der Waals surface area contributed by atoms with Gasteiger partial charge in [-0.1, -0.05) is 61.9 Å². The summed E-state index contributed by atoms with van der Waals surface area (Å²) in [5, 5.41) is 3.16. The molecule has 2 amide bonds. The van der Waals surface area contributed by atoms with Gasteiger partial charge in [-0.15, -0.1) is 0 Å². The molecule has 2 aromatic rings. The van der Waals surface area contributed by atoms with Gasteiger partial charge in [0.2, 0.25) is 0 Å².